The lowest BCUT2D eigenvalue weighted by Crippen LogP contribution is -2.00. The van der Waals surface area contributed by atoms with Gasteiger partial charge in [-0.15, -0.1) is 0 Å². The van der Waals surface area contributed by atoms with Gasteiger partial charge in [0.1, 0.15) is 0 Å². The standard InChI is InChI=1S/C10H8N4S/c15-10-13-12-9-6-11-5-7-3-1-2-4-8(7)14(9)10/h1-5H,6H2,(H,13,15). The van der Waals surface area contributed by atoms with Crippen molar-refractivity contribution in [1.29, 1.82) is 0 Å². The van der Waals surface area contributed by atoms with Crippen LogP contribution in [-0.4, -0.2) is 21.0 Å². The molecule has 1 aromatic heterocycles. The van der Waals surface area contributed by atoms with Crippen LogP contribution < -0.4 is 0 Å². The number of fused-ring (bicyclic) bond motifs is 3. The highest BCUT2D eigenvalue weighted by atomic mass is 32.1. The third kappa shape index (κ3) is 1.24. The SMILES string of the molecule is S=c1[nH]nc2n1-c1ccccc1C=NC2. The summed E-state index contributed by atoms with van der Waals surface area (Å²) in [5.74, 6) is 0.848. The summed E-state index contributed by atoms with van der Waals surface area (Å²) >= 11 is 5.20. The molecule has 5 heteroatoms. The van der Waals surface area contributed by atoms with Crippen molar-refractivity contribution < 1.29 is 0 Å². The quantitative estimate of drug-likeness (QED) is 0.683. The fourth-order valence-corrected chi connectivity index (χ4v) is 1.96. The number of para-hydroxylation sites is 1. The molecule has 2 aromatic rings. The van der Waals surface area contributed by atoms with Gasteiger partial charge in [0.15, 0.2) is 10.6 Å². The van der Waals surface area contributed by atoms with Crippen molar-refractivity contribution in [2.45, 2.75) is 6.54 Å². The van der Waals surface area contributed by atoms with Crippen LogP contribution in [0.5, 0.6) is 0 Å². The molecule has 3 rings (SSSR count). The number of aromatic amines is 1. The summed E-state index contributed by atoms with van der Waals surface area (Å²) in [4.78, 5) is 4.29. The Kier molecular flexibility index (Phi) is 1.78. The van der Waals surface area contributed by atoms with E-state index < -0.39 is 0 Å². The molecular weight excluding hydrogens is 208 g/mol. The minimum absolute atomic E-state index is 0.557. The van der Waals surface area contributed by atoms with E-state index in [9.17, 15) is 0 Å². The molecule has 74 valence electrons. The molecule has 2 heterocycles. The topological polar surface area (TPSA) is 46.0 Å². The van der Waals surface area contributed by atoms with Gasteiger partial charge < -0.3 is 0 Å². The zero-order chi connectivity index (χ0) is 10.3. The first-order chi connectivity index (χ1) is 7.36. The first-order valence-electron chi connectivity index (χ1n) is 4.62. The van der Waals surface area contributed by atoms with E-state index in [1.165, 1.54) is 0 Å². The van der Waals surface area contributed by atoms with Gasteiger partial charge in [0.25, 0.3) is 0 Å². The Balaban J connectivity index is 2.41. The van der Waals surface area contributed by atoms with Gasteiger partial charge >= 0.3 is 0 Å². The number of hydrogen-bond acceptors (Lipinski definition) is 3. The average molecular weight is 216 g/mol. The largest absolute Gasteiger partial charge is 0.284 e. The fourth-order valence-electron chi connectivity index (χ4n) is 1.71. The van der Waals surface area contributed by atoms with Crippen molar-refractivity contribution in [2.75, 3.05) is 0 Å². The number of H-pyrrole nitrogens is 1. The molecule has 0 fully saturated rings. The Hall–Kier alpha value is -1.75. The molecule has 1 aliphatic heterocycles. The monoisotopic (exact) mass is 216 g/mol. The maximum atomic E-state index is 5.20. The van der Waals surface area contributed by atoms with Crippen LogP contribution in [0.3, 0.4) is 0 Å². The van der Waals surface area contributed by atoms with Gasteiger partial charge in [-0.2, -0.15) is 5.10 Å². The predicted molar refractivity (Wildman–Crippen MR) is 60.0 cm³/mol. The summed E-state index contributed by atoms with van der Waals surface area (Å²) in [6, 6.07) is 8.00. The van der Waals surface area contributed by atoms with Gasteiger partial charge in [0.2, 0.25) is 0 Å². The number of hydrogen-bond donors (Lipinski definition) is 1. The van der Waals surface area contributed by atoms with Gasteiger partial charge in [-0.05, 0) is 18.3 Å². The van der Waals surface area contributed by atoms with Crippen LogP contribution in [0.1, 0.15) is 11.4 Å². The molecule has 0 spiro atoms. The number of rotatable bonds is 0. The number of nitrogens with zero attached hydrogens (tertiary/aromatic N) is 3. The normalized spacial score (nSPS) is 13.1. The number of aromatic nitrogens is 3. The summed E-state index contributed by atoms with van der Waals surface area (Å²) in [7, 11) is 0. The van der Waals surface area contributed by atoms with Crippen molar-refractivity contribution in [1.82, 2.24) is 14.8 Å². The van der Waals surface area contributed by atoms with Crippen LogP contribution >= 0.6 is 12.2 Å². The Morgan fingerprint density at radius 2 is 2.20 bits per heavy atom. The van der Waals surface area contributed by atoms with Crippen molar-refractivity contribution >= 4 is 18.4 Å². The molecule has 0 amide bonds. The highest BCUT2D eigenvalue weighted by molar-refractivity contribution is 7.71. The lowest BCUT2D eigenvalue weighted by molar-refractivity contribution is 0.869. The van der Waals surface area contributed by atoms with Crippen molar-refractivity contribution in [2.24, 2.45) is 4.99 Å². The highest BCUT2D eigenvalue weighted by Crippen LogP contribution is 2.18. The van der Waals surface area contributed by atoms with Gasteiger partial charge in [-0.1, -0.05) is 18.2 Å². The van der Waals surface area contributed by atoms with Crippen molar-refractivity contribution in [3.63, 3.8) is 0 Å². The minimum atomic E-state index is 0.557. The summed E-state index contributed by atoms with van der Waals surface area (Å²) in [6.45, 7) is 0.557. The number of aliphatic imine (C=N–C) groups is 1. The second kappa shape index (κ2) is 3.13. The molecule has 0 aliphatic carbocycles. The third-order valence-corrected chi connectivity index (χ3v) is 2.66. The van der Waals surface area contributed by atoms with E-state index in [4.69, 9.17) is 12.2 Å². The van der Waals surface area contributed by atoms with Gasteiger partial charge in [-0.3, -0.25) is 14.7 Å². The van der Waals surface area contributed by atoms with E-state index in [2.05, 4.69) is 15.2 Å². The van der Waals surface area contributed by atoms with E-state index in [-0.39, 0.29) is 0 Å². The fraction of sp³-hybridized carbons (Fsp3) is 0.100. The first kappa shape index (κ1) is 8.55. The lowest BCUT2D eigenvalue weighted by Gasteiger charge is -2.05. The van der Waals surface area contributed by atoms with E-state index in [1.54, 1.807) is 0 Å². The molecule has 1 aromatic carbocycles. The van der Waals surface area contributed by atoms with Crippen LogP contribution in [0.25, 0.3) is 5.69 Å². The summed E-state index contributed by atoms with van der Waals surface area (Å²) < 4.78 is 2.54. The zero-order valence-corrected chi connectivity index (χ0v) is 8.66. The summed E-state index contributed by atoms with van der Waals surface area (Å²) in [6.07, 6.45) is 1.86. The molecule has 0 radical (unpaired) electrons. The van der Waals surface area contributed by atoms with Crippen LogP contribution in [-0.2, 0) is 6.54 Å². The number of benzene rings is 1. The Bertz CT molecular complexity index is 593. The summed E-state index contributed by atoms with van der Waals surface area (Å²) in [5.41, 5.74) is 2.10. The van der Waals surface area contributed by atoms with Gasteiger partial charge in [-0.25, -0.2) is 0 Å². The Morgan fingerprint density at radius 1 is 1.33 bits per heavy atom. The molecule has 0 atom stereocenters. The van der Waals surface area contributed by atoms with Crippen molar-refractivity contribution in [3.05, 3.63) is 40.4 Å². The molecule has 0 bridgehead atoms. The molecular formula is C10H8N4S. The maximum absolute atomic E-state index is 5.20. The van der Waals surface area contributed by atoms with E-state index in [0.717, 1.165) is 17.1 Å². The van der Waals surface area contributed by atoms with Crippen LogP contribution in [0.2, 0.25) is 0 Å². The smallest absolute Gasteiger partial charge is 0.199 e. The summed E-state index contributed by atoms with van der Waals surface area (Å²) in [5, 5.41) is 6.94. The molecule has 4 nitrogen and oxygen atoms in total. The third-order valence-electron chi connectivity index (χ3n) is 2.38. The van der Waals surface area contributed by atoms with E-state index >= 15 is 0 Å². The van der Waals surface area contributed by atoms with Gasteiger partial charge in [0, 0.05) is 11.8 Å². The second-order valence-corrected chi connectivity index (χ2v) is 3.70. The zero-order valence-electron chi connectivity index (χ0n) is 7.84. The Labute approximate surface area is 91.3 Å². The molecule has 15 heavy (non-hydrogen) atoms. The molecule has 0 saturated heterocycles. The molecule has 0 saturated carbocycles. The number of nitrogens with one attached hydrogen (secondary N) is 1. The van der Waals surface area contributed by atoms with Crippen LogP contribution in [0, 0.1) is 4.77 Å². The second-order valence-electron chi connectivity index (χ2n) is 3.31. The minimum Gasteiger partial charge on any atom is -0.284 e. The molecule has 0 unspecified atom stereocenters. The maximum Gasteiger partial charge on any atom is 0.199 e. The van der Waals surface area contributed by atoms with Crippen molar-refractivity contribution in [3.8, 4) is 5.69 Å². The first-order valence-corrected chi connectivity index (χ1v) is 5.02. The predicted octanol–water partition coefficient (Wildman–Crippen LogP) is 1.86. The molecule has 1 N–H and O–H groups in total. The van der Waals surface area contributed by atoms with E-state index in [0.29, 0.717) is 11.3 Å². The van der Waals surface area contributed by atoms with E-state index in [1.807, 2.05) is 35.0 Å². The molecule has 1 aliphatic rings. The van der Waals surface area contributed by atoms with Crippen LogP contribution in [0.15, 0.2) is 29.3 Å². The van der Waals surface area contributed by atoms with Gasteiger partial charge in [0.05, 0.1) is 12.2 Å². The highest BCUT2D eigenvalue weighted by Gasteiger charge is 2.12. The van der Waals surface area contributed by atoms with Crippen LogP contribution in [0.4, 0.5) is 0 Å². The lowest BCUT2D eigenvalue weighted by atomic mass is 10.2. The average Bonchev–Trinajstić information content (AvgIpc) is 2.52. The Morgan fingerprint density at radius 3 is 3.13 bits per heavy atom.